The maximum Gasteiger partial charge on any atom is 0.323 e. The Labute approximate surface area is 155 Å². The number of esters is 1. The summed E-state index contributed by atoms with van der Waals surface area (Å²) in [4.78, 5) is 35.1. The summed E-state index contributed by atoms with van der Waals surface area (Å²) >= 11 is 0. The zero-order valence-corrected chi connectivity index (χ0v) is 15.3. The Morgan fingerprint density at radius 1 is 1.41 bits per heavy atom. The van der Waals surface area contributed by atoms with E-state index in [0.29, 0.717) is 12.2 Å². The predicted octanol–water partition coefficient (Wildman–Crippen LogP) is -0.0660. The molecule has 0 bridgehead atoms. The van der Waals surface area contributed by atoms with Crippen molar-refractivity contribution in [2.45, 2.75) is 38.3 Å². The number of nitrogens with two attached hydrogens (primary N) is 1. The number of piperidine rings is 1. The SMILES string of the molecule is COC(=O)C1CCC2(CCOCC2)CN1Cc1cc(=O)n2[nH]c(N)nc2n1. The van der Waals surface area contributed by atoms with Crippen LogP contribution in [0.5, 0.6) is 0 Å². The van der Waals surface area contributed by atoms with E-state index in [1.54, 1.807) is 0 Å². The minimum atomic E-state index is -0.340. The summed E-state index contributed by atoms with van der Waals surface area (Å²) in [5.41, 5.74) is 6.03. The highest BCUT2D eigenvalue weighted by atomic mass is 16.5. The highest BCUT2D eigenvalue weighted by Crippen LogP contribution is 2.41. The fourth-order valence-electron chi connectivity index (χ4n) is 4.26. The van der Waals surface area contributed by atoms with Crippen LogP contribution in [0.3, 0.4) is 0 Å². The van der Waals surface area contributed by atoms with Crippen molar-refractivity contribution in [3.8, 4) is 0 Å². The van der Waals surface area contributed by atoms with E-state index >= 15 is 0 Å². The van der Waals surface area contributed by atoms with Gasteiger partial charge in [0.1, 0.15) is 6.04 Å². The van der Waals surface area contributed by atoms with Crippen molar-refractivity contribution in [3.05, 3.63) is 22.1 Å². The lowest BCUT2D eigenvalue weighted by atomic mass is 9.72. The molecule has 1 atom stereocenters. The molecule has 2 saturated heterocycles. The Bertz CT molecular complexity index is 900. The minimum Gasteiger partial charge on any atom is -0.468 e. The van der Waals surface area contributed by atoms with Gasteiger partial charge in [0.15, 0.2) is 0 Å². The molecule has 1 unspecified atom stereocenters. The quantitative estimate of drug-likeness (QED) is 0.713. The van der Waals surface area contributed by atoms with Crippen LogP contribution < -0.4 is 11.3 Å². The molecule has 10 heteroatoms. The molecule has 0 amide bonds. The van der Waals surface area contributed by atoms with Crippen LogP contribution in [-0.2, 0) is 20.8 Å². The van der Waals surface area contributed by atoms with E-state index in [9.17, 15) is 9.59 Å². The van der Waals surface area contributed by atoms with Crippen molar-refractivity contribution >= 4 is 17.7 Å². The topological polar surface area (TPSA) is 128 Å². The van der Waals surface area contributed by atoms with Crippen LogP contribution >= 0.6 is 0 Å². The fourth-order valence-corrected chi connectivity index (χ4v) is 4.26. The Balaban J connectivity index is 1.63. The van der Waals surface area contributed by atoms with Gasteiger partial charge in [0.2, 0.25) is 5.95 Å². The van der Waals surface area contributed by atoms with Crippen molar-refractivity contribution in [3.63, 3.8) is 0 Å². The highest BCUT2D eigenvalue weighted by Gasteiger charge is 2.43. The summed E-state index contributed by atoms with van der Waals surface area (Å²) in [6, 6.07) is 1.11. The number of methoxy groups -OCH3 is 1. The number of hydrogen-bond donors (Lipinski definition) is 2. The second-order valence-corrected chi connectivity index (χ2v) is 7.42. The molecule has 4 heterocycles. The molecule has 0 radical (unpaired) electrons. The van der Waals surface area contributed by atoms with Crippen LogP contribution in [0.15, 0.2) is 10.9 Å². The molecular weight excluding hydrogens is 352 g/mol. The first-order valence-corrected chi connectivity index (χ1v) is 9.13. The number of nitrogens with zero attached hydrogens (tertiary/aromatic N) is 4. The van der Waals surface area contributed by atoms with E-state index in [1.807, 2.05) is 0 Å². The van der Waals surface area contributed by atoms with Gasteiger partial charge in [-0.05, 0) is 31.1 Å². The largest absolute Gasteiger partial charge is 0.468 e. The van der Waals surface area contributed by atoms with Crippen molar-refractivity contribution in [2.24, 2.45) is 5.41 Å². The molecular formula is C17H24N6O4. The number of hydrogen-bond acceptors (Lipinski definition) is 8. The van der Waals surface area contributed by atoms with Crippen LogP contribution in [0.4, 0.5) is 5.95 Å². The number of aromatic amines is 1. The standard InChI is InChI=1S/C17H24N6O4/c1-26-14(25)12-2-3-17(4-6-27-7-5-17)10-22(12)9-11-8-13(24)23-16(19-11)20-15(18)21-23/h8,12H,2-7,9-10H2,1H3,(H3,18,19,20,21). The third-order valence-electron chi connectivity index (χ3n) is 5.72. The average molecular weight is 376 g/mol. The molecule has 0 saturated carbocycles. The summed E-state index contributed by atoms with van der Waals surface area (Å²) in [7, 11) is 1.41. The second-order valence-electron chi connectivity index (χ2n) is 7.42. The summed E-state index contributed by atoms with van der Waals surface area (Å²) in [5.74, 6) is 0.101. The summed E-state index contributed by atoms with van der Waals surface area (Å²) < 4.78 is 11.7. The number of rotatable bonds is 3. The maximum atomic E-state index is 12.3. The second kappa shape index (κ2) is 6.93. The monoisotopic (exact) mass is 376 g/mol. The van der Waals surface area contributed by atoms with E-state index in [0.717, 1.165) is 45.4 Å². The Hall–Kier alpha value is -2.46. The van der Waals surface area contributed by atoms with E-state index in [2.05, 4.69) is 20.0 Å². The van der Waals surface area contributed by atoms with E-state index < -0.39 is 0 Å². The van der Waals surface area contributed by atoms with Gasteiger partial charge in [-0.25, -0.2) is 4.98 Å². The van der Waals surface area contributed by atoms with Gasteiger partial charge in [0, 0.05) is 32.4 Å². The van der Waals surface area contributed by atoms with Gasteiger partial charge < -0.3 is 15.2 Å². The van der Waals surface area contributed by atoms with Crippen LogP contribution in [0, 0.1) is 5.41 Å². The Morgan fingerprint density at radius 2 is 2.19 bits per heavy atom. The molecule has 3 N–H and O–H groups in total. The first-order valence-electron chi connectivity index (χ1n) is 9.13. The summed E-state index contributed by atoms with van der Waals surface area (Å²) in [6.07, 6.45) is 3.64. The van der Waals surface area contributed by atoms with Crippen LogP contribution in [0.2, 0.25) is 0 Å². The van der Waals surface area contributed by atoms with Crippen LogP contribution in [-0.4, -0.2) is 63.4 Å². The molecule has 0 aliphatic carbocycles. The van der Waals surface area contributed by atoms with Crippen molar-refractivity contribution in [1.82, 2.24) is 24.5 Å². The number of carbonyl (C=O) groups excluding carboxylic acids is 1. The number of anilines is 1. The zero-order valence-electron chi connectivity index (χ0n) is 15.3. The smallest absolute Gasteiger partial charge is 0.323 e. The van der Waals surface area contributed by atoms with Crippen LogP contribution in [0.25, 0.3) is 5.78 Å². The first kappa shape index (κ1) is 17.9. The molecule has 146 valence electrons. The number of fused-ring (bicyclic) bond motifs is 1. The van der Waals surface area contributed by atoms with Gasteiger partial charge in [0.25, 0.3) is 11.3 Å². The molecule has 0 aromatic carbocycles. The fraction of sp³-hybridized carbons (Fsp3) is 0.647. The number of carbonyl (C=O) groups is 1. The molecule has 2 fully saturated rings. The maximum absolute atomic E-state index is 12.3. The third-order valence-corrected chi connectivity index (χ3v) is 5.72. The molecule has 10 nitrogen and oxygen atoms in total. The summed E-state index contributed by atoms with van der Waals surface area (Å²) in [6.45, 7) is 2.62. The van der Waals surface area contributed by atoms with Crippen molar-refractivity contribution in [1.29, 1.82) is 0 Å². The molecule has 2 aliphatic rings. The highest BCUT2D eigenvalue weighted by molar-refractivity contribution is 5.75. The van der Waals surface area contributed by atoms with Crippen LogP contribution in [0.1, 0.15) is 31.4 Å². The molecule has 2 aliphatic heterocycles. The van der Waals surface area contributed by atoms with Crippen molar-refractivity contribution in [2.75, 3.05) is 32.6 Å². The number of nitrogens with one attached hydrogen (secondary N) is 1. The lowest BCUT2D eigenvalue weighted by Gasteiger charge is -2.47. The van der Waals surface area contributed by atoms with Crippen molar-refractivity contribution < 1.29 is 14.3 Å². The first-order chi connectivity index (χ1) is 13.0. The Kier molecular flexibility index (Phi) is 4.60. The van der Waals surface area contributed by atoms with E-state index in [-0.39, 0.29) is 34.7 Å². The summed E-state index contributed by atoms with van der Waals surface area (Å²) in [5, 5.41) is 2.65. The number of nitrogen functional groups attached to an aromatic ring is 1. The number of aromatic nitrogens is 4. The van der Waals surface area contributed by atoms with Gasteiger partial charge in [-0.1, -0.05) is 0 Å². The van der Waals surface area contributed by atoms with E-state index in [4.69, 9.17) is 15.2 Å². The molecule has 1 spiro atoms. The zero-order chi connectivity index (χ0) is 19.0. The number of H-pyrrole nitrogens is 1. The molecule has 4 rings (SSSR count). The predicted molar refractivity (Wildman–Crippen MR) is 96.0 cm³/mol. The van der Waals surface area contributed by atoms with Gasteiger partial charge in [0.05, 0.1) is 12.8 Å². The minimum absolute atomic E-state index is 0.128. The normalized spacial score (nSPS) is 22.9. The lowest BCUT2D eigenvalue weighted by Crippen LogP contribution is -2.53. The molecule has 2 aromatic heterocycles. The number of likely N-dealkylation sites (tertiary alicyclic amines) is 1. The van der Waals surface area contributed by atoms with Gasteiger partial charge in [-0.15, -0.1) is 0 Å². The number of ether oxygens (including phenoxy) is 2. The third kappa shape index (κ3) is 3.42. The van der Waals surface area contributed by atoms with Gasteiger partial charge in [-0.2, -0.15) is 9.50 Å². The molecule has 27 heavy (non-hydrogen) atoms. The van der Waals surface area contributed by atoms with Gasteiger partial charge in [-0.3, -0.25) is 19.6 Å². The molecule has 2 aromatic rings. The average Bonchev–Trinajstić information content (AvgIpc) is 3.03. The van der Waals surface area contributed by atoms with Gasteiger partial charge >= 0.3 is 5.97 Å². The van der Waals surface area contributed by atoms with E-state index in [1.165, 1.54) is 17.7 Å². The Morgan fingerprint density at radius 3 is 2.93 bits per heavy atom. The lowest BCUT2D eigenvalue weighted by molar-refractivity contribution is -0.152.